The Morgan fingerprint density at radius 1 is 1.36 bits per heavy atom. The number of piperazine rings is 1. The molecule has 1 N–H and O–H groups in total. The minimum absolute atomic E-state index is 0.102. The van der Waals surface area contributed by atoms with Crippen molar-refractivity contribution in [1.29, 1.82) is 0 Å². The normalized spacial score (nSPS) is 20.0. The molecule has 0 aromatic rings. The largest absolute Gasteiger partial charge is 0.353 e. The Kier molecular flexibility index (Phi) is 4.35. The highest BCUT2D eigenvalue weighted by atomic mass is 16.2. The van der Waals surface area contributed by atoms with E-state index in [4.69, 9.17) is 7.05 Å². The molecule has 1 fully saturated rings. The number of rotatable bonds is 3. The molecule has 0 atom stereocenters. The maximum atomic E-state index is 11.4. The lowest BCUT2D eigenvalue weighted by atomic mass is 10.3. The van der Waals surface area contributed by atoms with Crippen molar-refractivity contribution in [3.63, 3.8) is 0 Å². The van der Waals surface area contributed by atoms with Gasteiger partial charge in [0.15, 0.2) is 0 Å². The summed E-state index contributed by atoms with van der Waals surface area (Å²) in [6.45, 7) is 7.87. The third-order valence-electron chi connectivity index (χ3n) is 2.22. The zero-order valence-electron chi connectivity index (χ0n) is 8.99. The van der Waals surface area contributed by atoms with Crippen LogP contribution in [0.15, 0.2) is 0 Å². The number of nitrogens with zero attached hydrogens (tertiary/aromatic N) is 2. The zero-order chi connectivity index (χ0) is 10.6. The lowest BCUT2D eigenvalue weighted by Gasteiger charge is -2.31. The van der Waals surface area contributed by atoms with Crippen LogP contribution >= 0.6 is 0 Å². The molecule has 14 heavy (non-hydrogen) atoms. The van der Waals surface area contributed by atoms with Crippen molar-refractivity contribution in [3.05, 3.63) is 7.05 Å². The van der Waals surface area contributed by atoms with Gasteiger partial charge in [0.2, 0.25) is 5.91 Å². The Balaban J connectivity index is 2.20. The van der Waals surface area contributed by atoms with Gasteiger partial charge in [-0.05, 0) is 13.8 Å². The van der Waals surface area contributed by atoms with Crippen LogP contribution in [0.5, 0.6) is 0 Å². The summed E-state index contributed by atoms with van der Waals surface area (Å²) in [6, 6.07) is 0.221. The van der Waals surface area contributed by atoms with E-state index in [0.717, 1.165) is 26.2 Å². The topological polar surface area (TPSA) is 35.6 Å². The second-order valence-electron chi connectivity index (χ2n) is 4.03. The molecule has 1 saturated heterocycles. The van der Waals surface area contributed by atoms with E-state index in [-0.39, 0.29) is 11.9 Å². The van der Waals surface area contributed by atoms with E-state index in [2.05, 4.69) is 10.2 Å². The van der Waals surface area contributed by atoms with Crippen molar-refractivity contribution in [2.24, 2.45) is 0 Å². The second-order valence-corrected chi connectivity index (χ2v) is 4.03. The first-order valence-electron chi connectivity index (χ1n) is 5.09. The smallest absolute Gasteiger partial charge is 0.234 e. The summed E-state index contributed by atoms with van der Waals surface area (Å²) < 4.78 is 0. The van der Waals surface area contributed by atoms with Crippen LogP contribution in [0.4, 0.5) is 0 Å². The fourth-order valence-electron chi connectivity index (χ4n) is 1.49. The van der Waals surface area contributed by atoms with Crippen molar-refractivity contribution >= 4 is 5.91 Å². The van der Waals surface area contributed by atoms with Crippen LogP contribution in [-0.4, -0.2) is 54.5 Å². The molecule has 0 saturated carbocycles. The van der Waals surface area contributed by atoms with Crippen molar-refractivity contribution in [2.45, 2.75) is 19.9 Å². The van der Waals surface area contributed by atoms with E-state index in [0.29, 0.717) is 6.54 Å². The molecule has 0 aliphatic carbocycles. The third-order valence-corrected chi connectivity index (χ3v) is 2.22. The molecule has 4 heteroatoms. The summed E-state index contributed by atoms with van der Waals surface area (Å²) in [4.78, 5) is 15.3. The second kappa shape index (κ2) is 5.32. The Labute approximate surface area is 86.2 Å². The van der Waals surface area contributed by atoms with Crippen molar-refractivity contribution in [2.75, 3.05) is 32.7 Å². The highest BCUT2D eigenvalue weighted by molar-refractivity contribution is 5.78. The lowest BCUT2D eigenvalue weighted by Crippen LogP contribution is -2.48. The van der Waals surface area contributed by atoms with E-state index in [1.165, 1.54) is 0 Å². The lowest BCUT2D eigenvalue weighted by molar-refractivity contribution is -0.123. The van der Waals surface area contributed by atoms with E-state index >= 15 is 0 Å². The molecule has 0 unspecified atom stereocenters. The van der Waals surface area contributed by atoms with Crippen molar-refractivity contribution in [1.82, 2.24) is 15.1 Å². The first-order chi connectivity index (χ1) is 6.58. The summed E-state index contributed by atoms with van der Waals surface area (Å²) in [7, 11) is 5.61. The number of nitrogens with one attached hydrogen (secondary N) is 1. The van der Waals surface area contributed by atoms with Crippen LogP contribution < -0.4 is 5.32 Å². The number of amides is 1. The molecule has 0 aromatic heterocycles. The molecular weight excluding hydrogens is 178 g/mol. The van der Waals surface area contributed by atoms with E-state index in [1.807, 2.05) is 13.8 Å². The minimum Gasteiger partial charge on any atom is -0.353 e. The van der Waals surface area contributed by atoms with Gasteiger partial charge in [-0.2, -0.15) is 0 Å². The summed E-state index contributed by atoms with van der Waals surface area (Å²) >= 11 is 0. The SMILES string of the molecule is [CH]N1CCN(CC(=O)NC(C)C)CC1. The van der Waals surface area contributed by atoms with Gasteiger partial charge in [-0.1, -0.05) is 0 Å². The third kappa shape index (κ3) is 4.07. The fraction of sp³-hybridized carbons (Fsp3) is 0.800. The van der Waals surface area contributed by atoms with Gasteiger partial charge in [0, 0.05) is 39.3 Å². The molecule has 2 radical (unpaired) electrons. The molecule has 0 bridgehead atoms. The minimum atomic E-state index is 0.102. The van der Waals surface area contributed by atoms with Gasteiger partial charge < -0.3 is 5.32 Å². The summed E-state index contributed by atoms with van der Waals surface area (Å²) in [6.07, 6.45) is 0. The van der Waals surface area contributed by atoms with Crippen LogP contribution in [0, 0.1) is 7.05 Å². The maximum Gasteiger partial charge on any atom is 0.234 e. The number of hydrogen-bond donors (Lipinski definition) is 1. The molecule has 1 aliphatic heterocycles. The summed E-state index contributed by atoms with van der Waals surface area (Å²) in [5.41, 5.74) is 0. The fourth-order valence-corrected chi connectivity index (χ4v) is 1.49. The van der Waals surface area contributed by atoms with Gasteiger partial charge >= 0.3 is 0 Å². The molecule has 0 aromatic carbocycles. The molecule has 0 spiro atoms. The molecule has 4 nitrogen and oxygen atoms in total. The number of carbonyl (C=O) groups excluding carboxylic acids is 1. The Hall–Kier alpha value is -0.610. The van der Waals surface area contributed by atoms with Gasteiger partial charge in [-0.3, -0.25) is 14.6 Å². The molecule has 1 rings (SSSR count). The highest BCUT2D eigenvalue weighted by Gasteiger charge is 2.16. The predicted molar refractivity (Wildman–Crippen MR) is 55.6 cm³/mol. The highest BCUT2D eigenvalue weighted by Crippen LogP contribution is 1.99. The summed E-state index contributed by atoms with van der Waals surface area (Å²) in [5, 5.41) is 2.88. The van der Waals surface area contributed by atoms with E-state index in [1.54, 1.807) is 4.90 Å². The first kappa shape index (κ1) is 11.5. The van der Waals surface area contributed by atoms with Gasteiger partial charge in [0.1, 0.15) is 0 Å². The zero-order valence-corrected chi connectivity index (χ0v) is 8.99. The van der Waals surface area contributed by atoms with Crippen LogP contribution in [0.25, 0.3) is 0 Å². The van der Waals surface area contributed by atoms with Crippen molar-refractivity contribution in [3.8, 4) is 0 Å². The summed E-state index contributed by atoms with van der Waals surface area (Å²) in [5.74, 6) is 0.102. The van der Waals surface area contributed by atoms with Crippen molar-refractivity contribution < 1.29 is 4.79 Å². The van der Waals surface area contributed by atoms with E-state index in [9.17, 15) is 4.79 Å². The molecule has 1 aliphatic rings. The first-order valence-corrected chi connectivity index (χ1v) is 5.09. The Morgan fingerprint density at radius 3 is 2.43 bits per heavy atom. The molecular formula is C10H19N3O. The molecule has 1 amide bonds. The Morgan fingerprint density at radius 2 is 1.93 bits per heavy atom. The average Bonchev–Trinajstić information content (AvgIpc) is 2.07. The van der Waals surface area contributed by atoms with Crippen LogP contribution in [0.3, 0.4) is 0 Å². The van der Waals surface area contributed by atoms with Gasteiger partial charge in [-0.25, -0.2) is 0 Å². The molecule has 80 valence electrons. The standard InChI is InChI=1S/C10H19N3O/c1-9(2)11-10(14)8-13-6-4-12(3)5-7-13/h3,9H,4-8H2,1-2H3,(H,11,14). The number of carbonyl (C=O) groups is 1. The maximum absolute atomic E-state index is 11.4. The van der Waals surface area contributed by atoms with Gasteiger partial charge in [-0.15, -0.1) is 0 Å². The quantitative estimate of drug-likeness (QED) is 0.680. The predicted octanol–water partition coefficient (Wildman–Crippen LogP) is -0.203. The van der Waals surface area contributed by atoms with Crippen LogP contribution in [0.2, 0.25) is 0 Å². The average molecular weight is 197 g/mol. The van der Waals surface area contributed by atoms with Crippen LogP contribution in [0.1, 0.15) is 13.8 Å². The Bertz CT molecular complexity index is 186. The van der Waals surface area contributed by atoms with Gasteiger partial charge in [0.05, 0.1) is 6.54 Å². The van der Waals surface area contributed by atoms with Crippen LogP contribution in [-0.2, 0) is 4.79 Å². The number of hydrogen-bond acceptors (Lipinski definition) is 3. The monoisotopic (exact) mass is 197 g/mol. The van der Waals surface area contributed by atoms with E-state index < -0.39 is 0 Å². The molecule has 1 heterocycles. The van der Waals surface area contributed by atoms with Gasteiger partial charge in [0.25, 0.3) is 0 Å².